The van der Waals surface area contributed by atoms with Gasteiger partial charge in [0, 0.05) is 25.1 Å². The van der Waals surface area contributed by atoms with Gasteiger partial charge in [0.05, 0.1) is 22.6 Å². The summed E-state index contributed by atoms with van der Waals surface area (Å²) in [5, 5.41) is 0. The number of ether oxygens (including phenoxy) is 1. The second-order valence-electron chi connectivity index (χ2n) is 9.70. The maximum Gasteiger partial charge on any atom is 0.331 e. The van der Waals surface area contributed by atoms with E-state index in [-0.39, 0.29) is 24.0 Å². The highest BCUT2D eigenvalue weighted by atomic mass is 32.2. The normalized spacial score (nSPS) is 22.1. The molecule has 38 heavy (non-hydrogen) atoms. The molecule has 5 rings (SSSR count). The second-order valence-corrected chi connectivity index (χ2v) is 11.5. The lowest BCUT2D eigenvalue weighted by Crippen LogP contribution is -2.64. The number of fused-ring (bicyclic) bond motifs is 3. The van der Waals surface area contributed by atoms with Crippen LogP contribution in [-0.2, 0) is 29.8 Å². The first-order valence-electron chi connectivity index (χ1n) is 12.5. The predicted molar refractivity (Wildman–Crippen MR) is 147 cm³/mol. The van der Waals surface area contributed by atoms with Gasteiger partial charge in [-0.3, -0.25) is 9.10 Å². The van der Waals surface area contributed by atoms with Crippen LogP contribution in [0.25, 0.3) is 0 Å². The number of sulfonamides is 1. The summed E-state index contributed by atoms with van der Waals surface area (Å²) >= 11 is 0. The molecule has 8 heteroatoms. The van der Waals surface area contributed by atoms with Crippen LogP contribution in [0.5, 0.6) is 0 Å². The number of para-hydroxylation sites is 2. The Morgan fingerprint density at radius 1 is 1.03 bits per heavy atom. The number of carbonyl (C=O) groups is 2. The summed E-state index contributed by atoms with van der Waals surface area (Å²) in [6.45, 7) is 9.32. The zero-order chi connectivity index (χ0) is 27.2. The van der Waals surface area contributed by atoms with Crippen molar-refractivity contribution in [2.45, 2.75) is 43.0 Å². The fourth-order valence-electron chi connectivity index (χ4n) is 6.02. The van der Waals surface area contributed by atoms with Crippen molar-refractivity contribution in [2.75, 3.05) is 22.4 Å². The van der Waals surface area contributed by atoms with E-state index < -0.39 is 33.4 Å². The van der Waals surface area contributed by atoms with Gasteiger partial charge < -0.3 is 9.64 Å². The summed E-state index contributed by atoms with van der Waals surface area (Å²) < 4.78 is 35.7. The molecule has 3 atom stereocenters. The molecule has 7 nitrogen and oxygen atoms in total. The minimum Gasteiger partial charge on any atom is -0.464 e. The molecule has 0 saturated carbocycles. The molecule has 3 aromatic rings. The molecule has 2 heterocycles. The predicted octanol–water partition coefficient (Wildman–Crippen LogP) is 4.71. The fraction of sp³-hybridized carbons (Fsp3) is 0.267. The van der Waals surface area contributed by atoms with Crippen LogP contribution in [0.15, 0.2) is 90.3 Å². The lowest BCUT2D eigenvalue weighted by molar-refractivity contribution is -0.146. The van der Waals surface area contributed by atoms with Crippen molar-refractivity contribution in [3.63, 3.8) is 0 Å². The maximum atomic E-state index is 14.5. The maximum absolute atomic E-state index is 14.5. The van der Waals surface area contributed by atoms with Crippen molar-refractivity contribution >= 4 is 33.3 Å². The van der Waals surface area contributed by atoms with Crippen LogP contribution < -0.4 is 9.21 Å². The summed E-state index contributed by atoms with van der Waals surface area (Å²) in [7, 11) is -4.25. The first-order chi connectivity index (χ1) is 18.2. The third-order valence-electron chi connectivity index (χ3n) is 7.61. The van der Waals surface area contributed by atoms with Gasteiger partial charge in [-0.2, -0.15) is 0 Å². The number of rotatable bonds is 5. The van der Waals surface area contributed by atoms with E-state index in [0.29, 0.717) is 22.5 Å². The highest BCUT2D eigenvalue weighted by molar-refractivity contribution is 7.93. The van der Waals surface area contributed by atoms with Crippen LogP contribution in [0.1, 0.15) is 36.5 Å². The Kier molecular flexibility index (Phi) is 6.39. The molecule has 0 N–H and O–H groups in total. The molecule has 0 radical (unpaired) electrons. The van der Waals surface area contributed by atoms with Crippen LogP contribution in [0, 0.1) is 6.92 Å². The Bertz CT molecular complexity index is 1530. The van der Waals surface area contributed by atoms with Crippen molar-refractivity contribution in [3.8, 4) is 0 Å². The first-order valence-corrected chi connectivity index (χ1v) is 14.0. The van der Waals surface area contributed by atoms with Crippen molar-refractivity contribution in [1.82, 2.24) is 0 Å². The lowest BCUT2D eigenvalue weighted by atomic mass is 9.61. The molecule has 0 aromatic heterocycles. The molecule has 3 aromatic carbocycles. The van der Waals surface area contributed by atoms with Gasteiger partial charge >= 0.3 is 5.97 Å². The third-order valence-corrected chi connectivity index (χ3v) is 9.40. The molecule has 3 unspecified atom stereocenters. The number of nitrogens with zero attached hydrogens (tertiary/aromatic N) is 2. The number of esters is 1. The SMILES string of the molecule is C=CC1c2ccccc2N(S(=O)(=O)c2ccc(C)cc2)C(C(=O)OCC)C12CN(C(C)=O)c1ccccc12. The van der Waals surface area contributed by atoms with E-state index in [1.165, 1.54) is 11.2 Å². The smallest absolute Gasteiger partial charge is 0.331 e. The highest BCUT2D eigenvalue weighted by Crippen LogP contribution is 2.58. The van der Waals surface area contributed by atoms with Crippen molar-refractivity contribution in [1.29, 1.82) is 0 Å². The van der Waals surface area contributed by atoms with E-state index in [4.69, 9.17) is 4.74 Å². The third kappa shape index (κ3) is 3.66. The molecular weight excluding hydrogens is 500 g/mol. The summed E-state index contributed by atoms with van der Waals surface area (Å²) in [6, 6.07) is 19.8. The molecular formula is C30H30N2O5S. The number of aryl methyl sites for hydroxylation is 1. The number of anilines is 2. The van der Waals surface area contributed by atoms with Gasteiger partial charge in [0.2, 0.25) is 5.91 Å². The molecule has 0 aliphatic carbocycles. The molecule has 1 spiro atoms. The van der Waals surface area contributed by atoms with E-state index in [1.807, 2.05) is 43.3 Å². The van der Waals surface area contributed by atoms with Gasteiger partial charge in [-0.15, -0.1) is 6.58 Å². The quantitative estimate of drug-likeness (QED) is 0.352. The number of amides is 1. The zero-order valence-corrected chi connectivity index (χ0v) is 22.4. The van der Waals surface area contributed by atoms with Gasteiger partial charge in [-0.25, -0.2) is 13.2 Å². The highest BCUT2D eigenvalue weighted by Gasteiger charge is 2.63. The molecule has 0 bridgehead atoms. The monoisotopic (exact) mass is 530 g/mol. The van der Waals surface area contributed by atoms with E-state index in [0.717, 1.165) is 5.56 Å². The Morgan fingerprint density at radius 3 is 2.29 bits per heavy atom. The second kappa shape index (κ2) is 9.44. The van der Waals surface area contributed by atoms with Gasteiger partial charge in [0.25, 0.3) is 10.0 Å². The van der Waals surface area contributed by atoms with E-state index >= 15 is 0 Å². The van der Waals surface area contributed by atoms with Gasteiger partial charge in [-0.1, -0.05) is 60.2 Å². The average molecular weight is 531 g/mol. The average Bonchev–Trinajstić information content (AvgIpc) is 3.24. The van der Waals surface area contributed by atoms with E-state index in [1.54, 1.807) is 54.3 Å². The summed E-state index contributed by atoms with van der Waals surface area (Å²) in [5.41, 5.74) is 2.18. The van der Waals surface area contributed by atoms with Gasteiger partial charge in [-0.05, 0) is 49.2 Å². The van der Waals surface area contributed by atoms with Gasteiger partial charge in [0.1, 0.15) is 0 Å². The van der Waals surface area contributed by atoms with Crippen molar-refractivity contribution < 1.29 is 22.7 Å². The Balaban J connectivity index is 1.89. The molecule has 1 amide bonds. The fourth-order valence-corrected chi connectivity index (χ4v) is 7.70. The first kappa shape index (κ1) is 25.7. The van der Waals surface area contributed by atoms with Crippen LogP contribution in [0.2, 0.25) is 0 Å². The number of hydrogen-bond donors (Lipinski definition) is 0. The number of carbonyl (C=O) groups excluding carboxylic acids is 2. The largest absolute Gasteiger partial charge is 0.464 e. The topological polar surface area (TPSA) is 84.0 Å². The zero-order valence-electron chi connectivity index (χ0n) is 21.6. The Morgan fingerprint density at radius 2 is 1.66 bits per heavy atom. The number of allylic oxidation sites excluding steroid dienone is 1. The standard InChI is InChI=1S/C30H30N2O5S/c1-5-24-23-11-7-9-13-26(23)32(38(35,36)22-17-15-20(3)16-18-22)28(29(34)37-6-2)30(24)19-31(21(4)33)27-14-10-8-12-25(27)30/h5,7-18,24,28H,1,6,19H2,2-4H3. The van der Waals surface area contributed by atoms with Crippen molar-refractivity contribution in [2.24, 2.45) is 0 Å². The summed E-state index contributed by atoms with van der Waals surface area (Å²) in [5.74, 6) is -1.36. The molecule has 0 fully saturated rings. The molecule has 2 aliphatic rings. The Labute approximate surface area is 223 Å². The lowest BCUT2D eigenvalue weighted by Gasteiger charge is -2.51. The van der Waals surface area contributed by atoms with Crippen LogP contribution in [-0.4, -0.2) is 39.5 Å². The van der Waals surface area contributed by atoms with Crippen molar-refractivity contribution in [3.05, 3.63) is 102 Å². The summed E-state index contributed by atoms with van der Waals surface area (Å²) in [4.78, 5) is 28.5. The molecule has 196 valence electrons. The van der Waals surface area contributed by atoms with Gasteiger partial charge in [0.15, 0.2) is 6.04 Å². The minimum absolute atomic E-state index is 0.0640. The van der Waals surface area contributed by atoms with Crippen LogP contribution in [0.4, 0.5) is 11.4 Å². The van der Waals surface area contributed by atoms with Crippen LogP contribution in [0.3, 0.4) is 0 Å². The number of hydrogen-bond acceptors (Lipinski definition) is 5. The molecule has 0 saturated heterocycles. The van der Waals surface area contributed by atoms with E-state index in [9.17, 15) is 18.0 Å². The minimum atomic E-state index is -4.25. The summed E-state index contributed by atoms with van der Waals surface area (Å²) in [6.07, 6.45) is 1.75. The van der Waals surface area contributed by atoms with Crippen LogP contribution >= 0.6 is 0 Å². The Hall–Kier alpha value is -3.91. The van der Waals surface area contributed by atoms with E-state index in [2.05, 4.69) is 6.58 Å². The molecule has 2 aliphatic heterocycles. The number of benzene rings is 3.